The van der Waals surface area contributed by atoms with E-state index >= 15 is 0 Å². The van der Waals surface area contributed by atoms with E-state index in [9.17, 15) is 0 Å². The molecule has 1 aromatic heterocycles. The molecule has 0 saturated heterocycles. The second-order valence-corrected chi connectivity index (χ2v) is 4.93. The standard InChI is InChI=1S/C14H17ClN2O2/c1-9(2)16-8-14-17-7-13(19-14)11-5-4-10(15)6-12(11)18-3/h4-7,9,16H,8H2,1-3H3. The van der Waals surface area contributed by atoms with Crippen LogP contribution in [-0.4, -0.2) is 18.1 Å². The highest BCUT2D eigenvalue weighted by Gasteiger charge is 2.12. The van der Waals surface area contributed by atoms with Gasteiger partial charge in [0, 0.05) is 11.1 Å². The predicted molar refractivity (Wildman–Crippen MR) is 75.5 cm³/mol. The molecule has 19 heavy (non-hydrogen) atoms. The van der Waals surface area contributed by atoms with E-state index in [-0.39, 0.29) is 0 Å². The lowest BCUT2D eigenvalue weighted by Crippen LogP contribution is -2.21. The van der Waals surface area contributed by atoms with Gasteiger partial charge in [0.05, 0.1) is 25.4 Å². The fourth-order valence-corrected chi connectivity index (χ4v) is 1.84. The molecule has 4 nitrogen and oxygen atoms in total. The van der Waals surface area contributed by atoms with Crippen molar-refractivity contribution in [3.05, 3.63) is 35.3 Å². The Labute approximate surface area is 117 Å². The quantitative estimate of drug-likeness (QED) is 0.910. The number of oxazole rings is 1. The lowest BCUT2D eigenvalue weighted by Gasteiger charge is -2.06. The second kappa shape index (κ2) is 6.08. The lowest BCUT2D eigenvalue weighted by molar-refractivity contribution is 0.412. The van der Waals surface area contributed by atoms with E-state index in [0.29, 0.717) is 35.0 Å². The van der Waals surface area contributed by atoms with Crippen LogP contribution < -0.4 is 10.1 Å². The van der Waals surface area contributed by atoms with Crippen molar-refractivity contribution in [2.45, 2.75) is 26.4 Å². The molecule has 0 spiro atoms. The van der Waals surface area contributed by atoms with Gasteiger partial charge in [0.15, 0.2) is 5.76 Å². The smallest absolute Gasteiger partial charge is 0.208 e. The molecule has 0 aliphatic heterocycles. The van der Waals surface area contributed by atoms with E-state index in [1.165, 1.54) is 0 Å². The van der Waals surface area contributed by atoms with E-state index in [2.05, 4.69) is 24.1 Å². The largest absolute Gasteiger partial charge is 0.496 e. The first-order valence-corrected chi connectivity index (χ1v) is 6.50. The number of nitrogens with zero attached hydrogens (tertiary/aromatic N) is 1. The fourth-order valence-electron chi connectivity index (χ4n) is 1.68. The molecule has 1 N–H and O–H groups in total. The summed E-state index contributed by atoms with van der Waals surface area (Å²) in [4.78, 5) is 4.24. The van der Waals surface area contributed by atoms with Crippen LogP contribution in [0.15, 0.2) is 28.8 Å². The van der Waals surface area contributed by atoms with Gasteiger partial charge in [-0.05, 0) is 18.2 Å². The van der Waals surface area contributed by atoms with Gasteiger partial charge in [0.25, 0.3) is 0 Å². The van der Waals surface area contributed by atoms with Gasteiger partial charge >= 0.3 is 0 Å². The number of hydrogen-bond donors (Lipinski definition) is 1. The van der Waals surface area contributed by atoms with Crippen LogP contribution in [0.5, 0.6) is 5.75 Å². The van der Waals surface area contributed by atoms with Gasteiger partial charge < -0.3 is 14.5 Å². The highest BCUT2D eigenvalue weighted by atomic mass is 35.5. The summed E-state index contributed by atoms with van der Waals surface area (Å²) >= 11 is 5.94. The number of ether oxygens (including phenoxy) is 1. The molecule has 5 heteroatoms. The molecular formula is C14H17ClN2O2. The minimum absolute atomic E-state index is 0.389. The Hall–Kier alpha value is -1.52. The number of nitrogens with one attached hydrogen (secondary N) is 1. The van der Waals surface area contributed by atoms with Crippen molar-refractivity contribution in [3.63, 3.8) is 0 Å². The first-order chi connectivity index (χ1) is 9.10. The second-order valence-electron chi connectivity index (χ2n) is 4.50. The summed E-state index contributed by atoms with van der Waals surface area (Å²) in [6, 6.07) is 5.81. The molecule has 102 valence electrons. The number of methoxy groups -OCH3 is 1. The summed E-state index contributed by atoms with van der Waals surface area (Å²) in [6.07, 6.45) is 1.70. The fraction of sp³-hybridized carbons (Fsp3) is 0.357. The third kappa shape index (κ3) is 3.49. The number of halogens is 1. The number of hydrogen-bond acceptors (Lipinski definition) is 4. The van der Waals surface area contributed by atoms with Crippen molar-refractivity contribution < 1.29 is 9.15 Å². The van der Waals surface area contributed by atoms with Crippen LogP contribution in [0.3, 0.4) is 0 Å². The van der Waals surface area contributed by atoms with Crippen molar-refractivity contribution in [1.82, 2.24) is 10.3 Å². The Morgan fingerprint density at radius 2 is 2.21 bits per heavy atom. The van der Waals surface area contributed by atoms with Crippen LogP contribution in [0.1, 0.15) is 19.7 Å². The normalized spacial score (nSPS) is 11.0. The summed E-state index contributed by atoms with van der Waals surface area (Å²) in [6.45, 7) is 4.76. The first-order valence-electron chi connectivity index (χ1n) is 6.12. The Bertz CT molecular complexity index is 552. The molecule has 0 bridgehead atoms. The van der Waals surface area contributed by atoms with Crippen molar-refractivity contribution in [3.8, 4) is 17.1 Å². The molecule has 0 amide bonds. The van der Waals surface area contributed by atoms with E-state index in [1.54, 1.807) is 25.4 Å². The minimum Gasteiger partial charge on any atom is -0.496 e. The van der Waals surface area contributed by atoms with Gasteiger partial charge in [0.2, 0.25) is 5.89 Å². The van der Waals surface area contributed by atoms with Gasteiger partial charge in [-0.2, -0.15) is 0 Å². The van der Waals surface area contributed by atoms with Gasteiger partial charge in [-0.1, -0.05) is 25.4 Å². The molecule has 1 aromatic carbocycles. The molecule has 2 aromatic rings. The molecule has 0 atom stereocenters. The maximum atomic E-state index is 5.94. The highest BCUT2D eigenvalue weighted by Crippen LogP contribution is 2.32. The summed E-state index contributed by atoms with van der Waals surface area (Å²) < 4.78 is 11.0. The van der Waals surface area contributed by atoms with E-state index in [4.69, 9.17) is 20.8 Å². The third-order valence-corrected chi connectivity index (χ3v) is 2.88. The zero-order valence-electron chi connectivity index (χ0n) is 11.2. The SMILES string of the molecule is COc1cc(Cl)ccc1-c1cnc(CNC(C)C)o1. The Balaban J connectivity index is 2.22. The lowest BCUT2D eigenvalue weighted by atomic mass is 10.1. The molecular weight excluding hydrogens is 264 g/mol. The summed E-state index contributed by atoms with van der Waals surface area (Å²) in [5.41, 5.74) is 0.843. The van der Waals surface area contributed by atoms with Gasteiger partial charge in [-0.15, -0.1) is 0 Å². The maximum absolute atomic E-state index is 5.94. The average Bonchev–Trinajstić information content (AvgIpc) is 2.84. The van der Waals surface area contributed by atoms with Crippen LogP contribution in [-0.2, 0) is 6.54 Å². The third-order valence-electron chi connectivity index (χ3n) is 2.64. The van der Waals surface area contributed by atoms with Gasteiger partial charge in [-0.3, -0.25) is 0 Å². The molecule has 0 aliphatic carbocycles. The van der Waals surface area contributed by atoms with Crippen LogP contribution in [0.2, 0.25) is 5.02 Å². The zero-order valence-corrected chi connectivity index (χ0v) is 12.0. The van der Waals surface area contributed by atoms with Crippen molar-refractivity contribution in [2.75, 3.05) is 7.11 Å². The van der Waals surface area contributed by atoms with Crippen molar-refractivity contribution in [2.24, 2.45) is 0 Å². The van der Waals surface area contributed by atoms with Crippen molar-refractivity contribution >= 4 is 11.6 Å². The number of aromatic nitrogens is 1. The molecule has 0 radical (unpaired) electrons. The van der Waals surface area contributed by atoms with E-state index in [0.717, 1.165) is 5.56 Å². The van der Waals surface area contributed by atoms with E-state index < -0.39 is 0 Å². The van der Waals surface area contributed by atoms with Crippen LogP contribution in [0, 0.1) is 0 Å². The van der Waals surface area contributed by atoms with Crippen LogP contribution in [0.4, 0.5) is 0 Å². The number of benzene rings is 1. The summed E-state index contributed by atoms with van der Waals surface area (Å²) in [5, 5.41) is 3.88. The molecule has 1 heterocycles. The predicted octanol–water partition coefficient (Wildman–Crippen LogP) is 3.50. The van der Waals surface area contributed by atoms with Crippen LogP contribution in [0.25, 0.3) is 11.3 Å². The van der Waals surface area contributed by atoms with Gasteiger partial charge in [0.1, 0.15) is 5.75 Å². The Morgan fingerprint density at radius 3 is 2.89 bits per heavy atom. The number of rotatable bonds is 5. The van der Waals surface area contributed by atoms with Crippen LogP contribution >= 0.6 is 11.6 Å². The van der Waals surface area contributed by atoms with Gasteiger partial charge in [-0.25, -0.2) is 4.98 Å². The Kier molecular flexibility index (Phi) is 4.45. The average molecular weight is 281 g/mol. The Morgan fingerprint density at radius 1 is 1.42 bits per heavy atom. The molecule has 0 fully saturated rings. The zero-order chi connectivity index (χ0) is 13.8. The molecule has 0 saturated carbocycles. The summed E-state index contributed by atoms with van der Waals surface area (Å²) in [5.74, 6) is 2.00. The van der Waals surface area contributed by atoms with E-state index in [1.807, 2.05) is 6.07 Å². The molecule has 2 rings (SSSR count). The summed E-state index contributed by atoms with van der Waals surface area (Å²) in [7, 11) is 1.60. The minimum atomic E-state index is 0.389. The topological polar surface area (TPSA) is 47.3 Å². The maximum Gasteiger partial charge on any atom is 0.208 e. The first kappa shape index (κ1) is 13.9. The molecule has 0 unspecified atom stereocenters. The molecule has 0 aliphatic rings. The highest BCUT2D eigenvalue weighted by molar-refractivity contribution is 6.30. The monoisotopic (exact) mass is 280 g/mol. The van der Waals surface area contributed by atoms with Crippen molar-refractivity contribution in [1.29, 1.82) is 0 Å².